The van der Waals surface area contributed by atoms with E-state index in [4.69, 9.17) is 0 Å². The molecule has 0 fully saturated rings. The van der Waals surface area contributed by atoms with Gasteiger partial charge < -0.3 is 5.32 Å². The number of hydrogen-bond donors (Lipinski definition) is 1. The number of rotatable bonds is 2. The Kier molecular flexibility index (Phi) is 2.86. The van der Waals surface area contributed by atoms with E-state index in [1.165, 1.54) is 12.1 Å². The Morgan fingerprint density at radius 2 is 2.00 bits per heavy atom. The van der Waals surface area contributed by atoms with Gasteiger partial charge in [0, 0.05) is 12.1 Å². The lowest BCUT2D eigenvalue weighted by molar-refractivity contribution is -0.496. The predicted molar refractivity (Wildman–Crippen MR) is 61.3 cm³/mol. The number of hydrogen-bond acceptors (Lipinski definition) is 3. The van der Waals surface area contributed by atoms with E-state index < -0.39 is 4.92 Å². The van der Waals surface area contributed by atoms with Crippen molar-refractivity contribution in [1.29, 1.82) is 0 Å². The molecule has 1 aromatic rings. The molecule has 0 radical (unpaired) electrons. The third kappa shape index (κ3) is 2.15. The Hall–Kier alpha value is -2.24. The van der Waals surface area contributed by atoms with Crippen LogP contribution in [0.2, 0.25) is 0 Å². The SMILES string of the molecule is C[N+]1=C(c2ccc([N+](=O)[O-])cc2)C(=O)NCC1. The predicted octanol–water partition coefficient (Wildman–Crippen LogP) is 0.156. The highest BCUT2D eigenvalue weighted by Gasteiger charge is 2.27. The quantitative estimate of drug-likeness (QED) is 0.450. The third-order valence-electron chi connectivity index (χ3n) is 2.68. The molecule has 0 spiro atoms. The summed E-state index contributed by atoms with van der Waals surface area (Å²) in [5, 5.41) is 13.3. The molecular formula is C11H12N3O3+. The molecule has 0 aromatic heterocycles. The number of amides is 1. The van der Waals surface area contributed by atoms with Crippen LogP contribution in [0.1, 0.15) is 5.56 Å². The van der Waals surface area contributed by atoms with Crippen LogP contribution in [0.25, 0.3) is 0 Å². The van der Waals surface area contributed by atoms with Crippen LogP contribution in [0.15, 0.2) is 24.3 Å². The number of non-ortho nitro benzene ring substituents is 1. The second-order valence-electron chi connectivity index (χ2n) is 3.83. The first kappa shape index (κ1) is 11.3. The van der Waals surface area contributed by atoms with Gasteiger partial charge in [-0.3, -0.25) is 14.9 Å². The van der Waals surface area contributed by atoms with Crippen LogP contribution in [0.4, 0.5) is 5.69 Å². The first-order chi connectivity index (χ1) is 8.09. The standard InChI is InChI=1S/C11H11N3O3/c1-13-7-6-12-11(15)10(13)8-2-4-9(5-3-8)14(16)17/h2-5H,6-7H2,1H3/p+1. The lowest BCUT2D eigenvalue weighted by Crippen LogP contribution is -2.45. The van der Waals surface area contributed by atoms with E-state index in [-0.39, 0.29) is 11.6 Å². The summed E-state index contributed by atoms with van der Waals surface area (Å²) in [7, 11) is 1.83. The lowest BCUT2D eigenvalue weighted by atomic mass is 10.1. The summed E-state index contributed by atoms with van der Waals surface area (Å²) in [6.07, 6.45) is 0. The molecule has 0 aliphatic carbocycles. The minimum atomic E-state index is -0.459. The topological polar surface area (TPSA) is 75.2 Å². The molecule has 1 heterocycles. The maximum Gasteiger partial charge on any atom is 0.316 e. The summed E-state index contributed by atoms with van der Waals surface area (Å²) in [6, 6.07) is 5.99. The highest BCUT2D eigenvalue weighted by atomic mass is 16.6. The average Bonchev–Trinajstić information content (AvgIpc) is 2.29. The number of nitro benzene ring substituents is 1. The number of nitro groups is 1. The molecule has 6 nitrogen and oxygen atoms in total. The highest BCUT2D eigenvalue weighted by molar-refractivity contribution is 6.43. The van der Waals surface area contributed by atoms with Gasteiger partial charge in [-0.05, 0) is 12.1 Å². The van der Waals surface area contributed by atoms with Crippen LogP contribution >= 0.6 is 0 Å². The van der Waals surface area contributed by atoms with Gasteiger partial charge in [-0.15, -0.1) is 0 Å². The fourth-order valence-corrected chi connectivity index (χ4v) is 1.80. The van der Waals surface area contributed by atoms with Crippen molar-refractivity contribution in [2.45, 2.75) is 0 Å². The Labute approximate surface area is 97.7 Å². The van der Waals surface area contributed by atoms with Crippen molar-refractivity contribution >= 4 is 17.3 Å². The van der Waals surface area contributed by atoms with Gasteiger partial charge in [0.05, 0.1) is 17.0 Å². The minimum Gasteiger partial charge on any atom is -0.341 e. The molecule has 1 N–H and O–H groups in total. The molecule has 0 atom stereocenters. The van der Waals surface area contributed by atoms with Crippen LogP contribution in [0, 0.1) is 10.1 Å². The monoisotopic (exact) mass is 234 g/mol. The van der Waals surface area contributed by atoms with Crippen LogP contribution in [0.5, 0.6) is 0 Å². The van der Waals surface area contributed by atoms with Crippen molar-refractivity contribution in [1.82, 2.24) is 5.32 Å². The van der Waals surface area contributed by atoms with Gasteiger partial charge >= 0.3 is 5.91 Å². The molecule has 0 bridgehead atoms. The first-order valence-corrected chi connectivity index (χ1v) is 5.20. The first-order valence-electron chi connectivity index (χ1n) is 5.20. The molecule has 0 saturated carbocycles. The average molecular weight is 234 g/mol. The van der Waals surface area contributed by atoms with Crippen LogP contribution in [0.3, 0.4) is 0 Å². The second-order valence-corrected chi connectivity index (χ2v) is 3.83. The van der Waals surface area contributed by atoms with Gasteiger partial charge in [-0.1, -0.05) is 0 Å². The number of carbonyl (C=O) groups excluding carboxylic acids is 1. The maximum atomic E-state index is 11.7. The van der Waals surface area contributed by atoms with Gasteiger partial charge in [-0.25, -0.2) is 4.58 Å². The van der Waals surface area contributed by atoms with Crippen LogP contribution in [-0.2, 0) is 4.79 Å². The molecule has 17 heavy (non-hydrogen) atoms. The minimum absolute atomic E-state index is 0.0215. The highest BCUT2D eigenvalue weighted by Crippen LogP contribution is 2.13. The number of nitrogens with zero attached hydrogens (tertiary/aromatic N) is 2. The smallest absolute Gasteiger partial charge is 0.316 e. The van der Waals surface area contributed by atoms with Crippen molar-refractivity contribution < 1.29 is 14.3 Å². The fourth-order valence-electron chi connectivity index (χ4n) is 1.80. The van der Waals surface area contributed by atoms with Crippen LogP contribution < -0.4 is 5.32 Å². The zero-order valence-electron chi connectivity index (χ0n) is 9.34. The second kappa shape index (κ2) is 4.32. The largest absolute Gasteiger partial charge is 0.341 e. The Balaban J connectivity index is 2.40. The van der Waals surface area contributed by atoms with E-state index in [2.05, 4.69) is 5.32 Å². The maximum absolute atomic E-state index is 11.7. The molecule has 0 saturated heterocycles. The third-order valence-corrected chi connectivity index (χ3v) is 2.68. The summed E-state index contributed by atoms with van der Waals surface area (Å²) in [5.74, 6) is -0.146. The van der Waals surface area contributed by atoms with Gasteiger partial charge in [0.15, 0.2) is 6.54 Å². The van der Waals surface area contributed by atoms with Gasteiger partial charge in [-0.2, -0.15) is 0 Å². The van der Waals surface area contributed by atoms with E-state index >= 15 is 0 Å². The fraction of sp³-hybridized carbons (Fsp3) is 0.273. The zero-order chi connectivity index (χ0) is 12.4. The normalized spacial score (nSPS) is 15.7. The van der Waals surface area contributed by atoms with E-state index in [0.717, 1.165) is 6.54 Å². The summed E-state index contributed by atoms with van der Waals surface area (Å²) < 4.78 is 1.85. The molecule has 1 aliphatic rings. The summed E-state index contributed by atoms with van der Waals surface area (Å²) in [4.78, 5) is 21.8. The molecule has 6 heteroatoms. The number of likely N-dealkylation sites (N-methyl/N-ethyl adjacent to an activating group) is 1. The number of carbonyl (C=O) groups is 1. The molecule has 0 unspecified atom stereocenters. The molecular weight excluding hydrogens is 222 g/mol. The molecule has 1 aliphatic heterocycles. The molecule has 1 amide bonds. The number of nitrogens with one attached hydrogen (secondary N) is 1. The van der Waals surface area contributed by atoms with Crippen LogP contribution in [-0.4, -0.2) is 41.3 Å². The van der Waals surface area contributed by atoms with E-state index in [1.807, 2.05) is 11.6 Å². The van der Waals surface area contributed by atoms with Crippen molar-refractivity contribution in [3.8, 4) is 0 Å². The van der Waals surface area contributed by atoms with Crippen molar-refractivity contribution in [3.05, 3.63) is 39.9 Å². The van der Waals surface area contributed by atoms with Crippen molar-refractivity contribution in [2.75, 3.05) is 20.1 Å². The Bertz CT molecular complexity index is 505. The van der Waals surface area contributed by atoms with E-state index in [1.54, 1.807) is 12.1 Å². The molecule has 2 rings (SSSR count). The van der Waals surface area contributed by atoms with E-state index in [0.29, 0.717) is 17.8 Å². The van der Waals surface area contributed by atoms with Gasteiger partial charge in [0.2, 0.25) is 0 Å². The summed E-state index contributed by atoms with van der Waals surface area (Å²) in [6.45, 7) is 1.35. The Morgan fingerprint density at radius 1 is 1.35 bits per heavy atom. The summed E-state index contributed by atoms with van der Waals surface area (Å²) in [5.41, 5.74) is 1.26. The van der Waals surface area contributed by atoms with Crippen molar-refractivity contribution in [3.63, 3.8) is 0 Å². The Morgan fingerprint density at radius 3 is 2.53 bits per heavy atom. The van der Waals surface area contributed by atoms with Crippen molar-refractivity contribution in [2.24, 2.45) is 0 Å². The lowest BCUT2D eigenvalue weighted by Gasteiger charge is -2.12. The number of benzene rings is 1. The van der Waals surface area contributed by atoms with Gasteiger partial charge in [0.25, 0.3) is 11.4 Å². The molecule has 88 valence electrons. The molecule has 1 aromatic carbocycles. The van der Waals surface area contributed by atoms with E-state index in [9.17, 15) is 14.9 Å². The summed E-state index contributed by atoms with van der Waals surface area (Å²) >= 11 is 0. The van der Waals surface area contributed by atoms with Gasteiger partial charge in [0.1, 0.15) is 7.05 Å². The zero-order valence-corrected chi connectivity index (χ0v) is 9.34.